The summed E-state index contributed by atoms with van der Waals surface area (Å²) in [5, 5.41) is 2.71. The Morgan fingerprint density at radius 2 is 2.06 bits per heavy atom. The molecule has 2 aromatic rings. The number of carbonyl (C=O) groups is 3. The molecule has 2 amide bonds. The zero-order chi connectivity index (χ0) is 23.8. The van der Waals surface area contributed by atoms with Crippen molar-refractivity contribution in [2.24, 2.45) is 5.92 Å². The Labute approximate surface area is 192 Å². The minimum absolute atomic E-state index is 0.00613. The Kier molecular flexibility index (Phi) is 6.35. The van der Waals surface area contributed by atoms with E-state index in [1.807, 2.05) is 13.8 Å². The number of likely N-dealkylation sites (tertiary alicyclic amines) is 1. The number of hydrogen-bond acceptors (Lipinski definition) is 7. The predicted molar refractivity (Wildman–Crippen MR) is 116 cm³/mol. The molecular formula is C22H26N4O6S. The number of rotatable bonds is 7. The number of carbonyl (C=O) groups excluding carboxylic acids is 3. The lowest BCUT2D eigenvalue weighted by Crippen LogP contribution is -2.52. The number of nitrogens with zero attached hydrogens (tertiary/aromatic N) is 3. The van der Waals surface area contributed by atoms with E-state index >= 15 is 0 Å². The largest absolute Gasteiger partial charge is 0.459 e. The van der Waals surface area contributed by atoms with Crippen LogP contribution in [0.4, 0.5) is 0 Å². The first kappa shape index (κ1) is 23.1. The van der Waals surface area contributed by atoms with Crippen molar-refractivity contribution in [3.05, 3.63) is 48.7 Å². The molecule has 2 fully saturated rings. The van der Waals surface area contributed by atoms with Gasteiger partial charge in [-0.25, -0.2) is 8.42 Å². The van der Waals surface area contributed by atoms with Crippen molar-refractivity contribution >= 4 is 27.6 Å². The average molecular weight is 475 g/mol. The first-order valence-electron chi connectivity index (χ1n) is 10.8. The quantitative estimate of drug-likeness (QED) is 0.635. The third kappa shape index (κ3) is 4.42. The van der Waals surface area contributed by atoms with Gasteiger partial charge in [-0.05, 0) is 43.0 Å². The van der Waals surface area contributed by atoms with Crippen LogP contribution in [0.2, 0.25) is 0 Å². The Balaban J connectivity index is 1.55. The average Bonchev–Trinajstić information content (AvgIpc) is 3.52. The molecule has 0 spiro atoms. The van der Waals surface area contributed by atoms with Crippen LogP contribution in [0.3, 0.4) is 0 Å². The van der Waals surface area contributed by atoms with Gasteiger partial charge in [-0.15, -0.1) is 0 Å². The molecule has 3 unspecified atom stereocenters. The van der Waals surface area contributed by atoms with Crippen molar-refractivity contribution in [3.63, 3.8) is 0 Å². The van der Waals surface area contributed by atoms with E-state index in [4.69, 9.17) is 4.42 Å². The van der Waals surface area contributed by atoms with Crippen LogP contribution in [-0.4, -0.2) is 71.4 Å². The number of sulfonamides is 1. The Hall–Kier alpha value is -3.05. The molecule has 0 aromatic carbocycles. The number of aromatic nitrogens is 1. The molecule has 2 aromatic heterocycles. The van der Waals surface area contributed by atoms with E-state index in [0.29, 0.717) is 12.8 Å². The fourth-order valence-electron chi connectivity index (χ4n) is 4.51. The van der Waals surface area contributed by atoms with E-state index in [2.05, 4.69) is 10.3 Å². The van der Waals surface area contributed by atoms with Gasteiger partial charge in [0.2, 0.25) is 15.9 Å². The van der Waals surface area contributed by atoms with Gasteiger partial charge in [-0.3, -0.25) is 19.4 Å². The summed E-state index contributed by atoms with van der Waals surface area (Å²) in [4.78, 5) is 44.1. The Morgan fingerprint density at radius 1 is 1.27 bits per heavy atom. The van der Waals surface area contributed by atoms with Crippen molar-refractivity contribution in [1.82, 2.24) is 19.5 Å². The molecule has 0 aliphatic carbocycles. The van der Waals surface area contributed by atoms with Crippen LogP contribution < -0.4 is 5.32 Å². The fraction of sp³-hybridized carbons (Fsp3) is 0.455. The summed E-state index contributed by atoms with van der Waals surface area (Å²) >= 11 is 0. The number of amides is 2. The molecule has 33 heavy (non-hydrogen) atoms. The molecule has 4 rings (SSSR count). The van der Waals surface area contributed by atoms with Crippen molar-refractivity contribution in [1.29, 1.82) is 0 Å². The SMILES string of the molecule is CC(C)CC(NC(=O)c1ccco1)C(=O)N1CCC2C1C(=O)CN2S(=O)(=O)c1cccnc1. The third-order valence-electron chi connectivity index (χ3n) is 5.96. The Morgan fingerprint density at radius 3 is 2.70 bits per heavy atom. The van der Waals surface area contributed by atoms with E-state index in [0.717, 1.165) is 0 Å². The summed E-state index contributed by atoms with van der Waals surface area (Å²) < 4.78 is 32.5. The van der Waals surface area contributed by atoms with Crippen LogP contribution >= 0.6 is 0 Å². The van der Waals surface area contributed by atoms with E-state index < -0.39 is 40.0 Å². The molecule has 4 heterocycles. The molecule has 3 atom stereocenters. The number of hydrogen-bond donors (Lipinski definition) is 1. The maximum absolute atomic E-state index is 13.5. The van der Waals surface area contributed by atoms with Crippen LogP contribution in [0.25, 0.3) is 0 Å². The summed E-state index contributed by atoms with van der Waals surface area (Å²) in [6, 6.07) is 3.64. The second kappa shape index (κ2) is 9.06. The molecule has 0 saturated carbocycles. The van der Waals surface area contributed by atoms with Crippen LogP contribution in [0.5, 0.6) is 0 Å². The molecule has 0 radical (unpaired) electrons. The van der Waals surface area contributed by atoms with Gasteiger partial charge in [0.15, 0.2) is 11.5 Å². The highest BCUT2D eigenvalue weighted by Gasteiger charge is 2.54. The van der Waals surface area contributed by atoms with Crippen LogP contribution in [0, 0.1) is 5.92 Å². The molecule has 2 saturated heterocycles. The minimum Gasteiger partial charge on any atom is -0.459 e. The first-order valence-corrected chi connectivity index (χ1v) is 12.2. The second-order valence-electron chi connectivity index (χ2n) is 8.67. The lowest BCUT2D eigenvalue weighted by Gasteiger charge is -2.29. The first-order chi connectivity index (χ1) is 15.7. The maximum Gasteiger partial charge on any atom is 0.287 e. The number of ketones is 1. The van der Waals surface area contributed by atoms with Crippen LogP contribution in [0.15, 0.2) is 52.2 Å². The zero-order valence-electron chi connectivity index (χ0n) is 18.4. The van der Waals surface area contributed by atoms with E-state index in [9.17, 15) is 22.8 Å². The highest BCUT2D eigenvalue weighted by Crippen LogP contribution is 2.34. The van der Waals surface area contributed by atoms with Crippen molar-refractivity contribution < 1.29 is 27.2 Å². The van der Waals surface area contributed by atoms with Gasteiger partial charge >= 0.3 is 0 Å². The lowest BCUT2D eigenvalue weighted by molar-refractivity contribution is -0.138. The third-order valence-corrected chi connectivity index (χ3v) is 7.81. The number of nitrogens with one attached hydrogen (secondary N) is 1. The summed E-state index contributed by atoms with van der Waals surface area (Å²) in [5.74, 6) is -1.07. The highest BCUT2D eigenvalue weighted by molar-refractivity contribution is 7.89. The lowest BCUT2D eigenvalue weighted by atomic mass is 10.0. The number of fused-ring (bicyclic) bond motifs is 1. The topological polar surface area (TPSA) is 130 Å². The fourth-order valence-corrected chi connectivity index (χ4v) is 6.10. The van der Waals surface area contributed by atoms with Gasteiger partial charge in [-0.1, -0.05) is 13.8 Å². The van der Waals surface area contributed by atoms with Gasteiger partial charge in [0, 0.05) is 18.9 Å². The van der Waals surface area contributed by atoms with Crippen LogP contribution in [-0.2, 0) is 19.6 Å². The van der Waals surface area contributed by atoms with Crippen molar-refractivity contribution in [2.75, 3.05) is 13.1 Å². The van der Waals surface area contributed by atoms with Gasteiger partial charge in [-0.2, -0.15) is 4.31 Å². The number of pyridine rings is 1. The molecule has 10 nitrogen and oxygen atoms in total. The summed E-state index contributed by atoms with van der Waals surface area (Å²) in [6.07, 6.45) is 4.79. The molecule has 1 N–H and O–H groups in total. The van der Waals surface area contributed by atoms with Gasteiger partial charge < -0.3 is 14.6 Å². The summed E-state index contributed by atoms with van der Waals surface area (Å²) in [6.45, 7) is 3.78. The smallest absolute Gasteiger partial charge is 0.287 e. The molecule has 176 valence electrons. The molecule has 2 aliphatic rings. The molecular weight excluding hydrogens is 448 g/mol. The molecule has 2 aliphatic heterocycles. The van der Waals surface area contributed by atoms with Crippen LogP contribution in [0.1, 0.15) is 37.2 Å². The van der Waals surface area contributed by atoms with Crippen molar-refractivity contribution in [3.8, 4) is 0 Å². The molecule has 0 bridgehead atoms. The van der Waals surface area contributed by atoms with E-state index in [-0.39, 0.29) is 35.4 Å². The summed E-state index contributed by atoms with van der Waals surface area (Å²) in [7, 11) is -3.93. The van der Waals surface area contributed by atoms with E-state index in [1.165, 1.54) is 46.1 Å². The molecule has 11 heteroatoms. The van der Waals surface area contributed by atoms with Gasteiger partial charge in [0.05, 0.1) is 18.8 Å². The minimum atomic E-state index is -3.93. The maximum atomic E-state index is 13.5. The van der Waals surface area contributed by atoms with Gasteiger partial charge in [0.25, 0.3) is 5.91 Å². The number of furan rings is 1. The Bertz CT molecular complexity index is 1130. The second-order valence-corrected chi connectivity index (χ2v) is 10.6. The van der Waals surface area contributed by atoms with Gasteiger partial charge in [0.1, 0.15) is 17.0 Å². The predicted octanol–water partition coefficient (Wildman–Crippen LogP) is 1.06. The standard InChI is InChI=1S/C22H26N4O6S/c1-14(2)11-16(24-21(28)19-6-4-10-32-19)22(29)25-9-7-17-20(25)18(27)13-26(17)33(30,31)15-5-3-8-23-12-15/h3-6,8,10,12,14,16-17,20H,7,9,11,13H2,1-2H3,(H,24,28). The van der Waals surface area contributed by atoms with Crippen molar-refractivity contribution in [2.45, 2.75) is 49.7 Å². The monoisotopic (exact) mass is 474 g/mol. The number of Topliss-reactive ketones (excluding diaryl/α,β-unsaturated/α-hetero) is 1. The normalized spacial score (nSPS) is 21.9. The zero-order valence-corrected chi connectivity index (χ0v) is 19.2. The highest BCUT2D eigenvalue weighted by atomic mass is 32.2. The summed E-state index contributed by atoms with van der Waals surface area (Å²) in [5.41, 5.74) is 0. The van der Waals surface area contributed by atoms with E-state index in [1.54, 1.807) is 6.07 Å².